The Morgan fingerprint density at radius 2 is 1.67 bits per heavy atom. The van der Waals surface area contributed by atoms with Crippen LogP contribution >= 0.6 is 62.5 Å². The molecule has 0 saturated carbocycles. The first-order valence-electron chi connectivity index (χ1n) is 8.75. The number of carboxylic acids is 1. The van der Waals surface area contributed by atoms with E-state index in [0.717, 1.165) is 30.7 Å². The molecule has 0 aliphatic rings. The zero-order valence-corrected chi connectivity index (χ0v) is 19.9. The molecule has 0 atom stereocenters. The van der Waals surface area contributed by atoms with Crippen LogP contribution in [0.4, 0.5) is 0 Å². The molecule has 1 N–H and O–H groups in total. The number of carboxylic acid groups (broad SMARTS) is 1. The quantitative estimate of drug-likeness (QED) is 0.277. The summed E-state index contributed by atoms with van der Waals surface area (Å²) in [5, 5.41) is 12.2. The molecule has 0 amide bonds. The molecule has 0 saturated heterocycles. The Bertz CT molecular complexity index is 1270. The molecule has 0 radical (unpaired) electrons. The van der Waals surface area contributed by atoms with Gasteiger partial charge < -0.3 is 9.67 Å². The van der Waals surface area contributed by atoms with Crippen LogP contribution in [0.1, 0.15) is 16.1 Å². The first-order valence-corrected chi connectivity index (χ1v) is 11.5. The topological polar surface area (TPSA) is 42.2 Å². The Balaban J connectivity index is 1.85. The molecule has 30 heavy (non-hydrogen) atoms. The molecule has 4 rings (SSSR count). The number of aromatic carboxylic acids is 1. The van der Waals surface area contributed by atoms with Crippen molar-refractivity contribution in [3.63, 3.8) is 0 Å². The Morgan fingerprint density at radius 1 is 0.933 bits per heavy atom. The highest BCUT2D eigenvalue weighted by Crippen LogP contribution is 2.40. The molecule has 1 heterocycles. The van der Waals surface area contributed by atoms with Gasteiger partial charge in [0, 0.05) is 36.2 Å². The van der Waals surface area contributed by atoms with Crippen molar-refractivity contribution in [3.8, 4) is 0 Å². The van der Waals surface area contributed by atoms with Gasteiger partial charge in [-0.2, -0.15) is 0 Å². The van der Waals surface area contributed by atoms with Gasteiger partial charge in [0.1, 0.15) is 5.69 Å². The van der Waals surface area contributed by atoms with E-state index in [1.165, 1.54) is 11.8 Å². The van der Waals surface area contributed by atoms with Crippen LogP contribution in [0, 0.1) is 0 Å². The molecule has 3 aromatic carbocycles. The van der Waals surface area contributed by atoms with Gasteiger partial charge in [-0.3, -0.25) is 0 Å². The van der Waals surface area contributed by atoms with E-state index in [1.807, 2.05) is 36.4 Å². The van der Waals surface area contributed by atoms with Crippen LogP contribution < -0.4 is 0 Å². The van der Waals surface area contributed by atoms with Gasteiger partial charge in [-0.15, -0.1) is 0 Å². The number of nitrogens with zero attached hydrogens (tertiary/aromatic N) is 1. The van der Waals surface area contributed by atoms with E-state index >= 15 is 0 Å². The summed E-state index contributed by atoms with van der Waals surface area (Å²) in [5.41, 5.74) is 1.92. The van der Waals surface area contributed by atoms with Crippen molar-refractivity contribution in [2.45, 2.75) is 16.3 Å². The van der Waals surface area contributed by atoms with E-state index < -0.39 is 5.97 Å². The minimum Gasteiger partial charge on any atom is -0.477 e. The van der Waals surface area contributed by atoms with Crippen LogP contribution in [-0.2, 0) is 6.54 Å². The predicted molar refractivity (Wildman–Crippen MR) is 128 cm³/mol. The molecule has 4 aromatic rings. The lowest BCUT2D eigenvalue weighted by Gasteiger charge is -2.11. The predicted octanol–water partition coefficient (Wildman–Crippen LogP) is 8.26. The highest BCUT2D eigenvalue weighted by atomic mass is 79.9. The summed E-state index contributed by atoms with van der Waals surface area (Å²) >= 11 is 23.6. The first-order chi connectivity index (χ1) is 14.3. The maximum atomic E-state index is 12.0. The minimum atomic E-state index is -1.00. The largest absolute Gasteiger partial charge is 0.477 e. The standard InChI is InChI=1S/C22H13BrCl3NO2S/c23-13-3-1-12(2-4-13)11-27-18-8-15(25)9-21(16(18)10-19(27)22(28)29)30-20-6-5-14(24)7-17(20)26/h1-10H,11H2,(H,28,29). The van der Waals surface area contributed by atoms with Gasteiger partial charge in [0.05, 0.1) is 10.5 Å². The van der Waals surface area contributed by atoms with Gasteiger partial charge in [-0.25, -0.2) is 4.79 Å². The molecule has 0 spiro atoms. The maximum absolute atomic E-state index is 12.0. The van der Waals surface area contributed by atoms with Gasteiger partial charge in [0.25, 0.3) is 0 Å². The average Bonchev–Trinajstić information content (AvgIpc) is 3.04. The van der Waals surface area contributed by atoms with Crippen LogP contribution in [0.25, 0.3) is 10.9 Å². The molecule has 0 aliphatic carbocycles. The second kappa shape index (κ2) is 8.85. The number of fused-ring (bicyclic) bond motifs is 1. The molecule has 0 aliphatic heterocycles. The van der Waals surface area contributed by atoms with Crippen LogP contribution in [0.2, 0.25) is 15.1 Å². The fraction of sp³-hybridized carbons (Fsp3) is 0.0455. The number of halogens is 4. The van der Waals surface area contributed by atoms with Crippen molar-refractivity contribution in [2.24, 2.45) is 0 Å². The van der Waals surface area contributed by atoms with E-state index in [4.69, 9.17) is 34.8 Å². The Kier molecular flexibility index (Phi) is 6.37. The average molecular weight is 542 g/mol. The lowest BCUT2D eigenvalue weighted by Crippen LogP contribution is -2.09. The van der Waals surface area contributed by atoms with Crippen molar-refractivity contribution in [1.82, 2.24) is 4.57 Å². The highest BCUT2D eigenvalue weighted by molar-refractivity contribution is 9.10. The van der Waals surface area contributed by atoms with E-state index in [0.29, 0.717) is 21.6 Å². The van der Waals surface area contributed by atoms with Crippen LogP contribution in [-0.4, -0.2) is 15.6 Å². The number of carbonyl (C=O) groups is 1. The molecule has 1 aromatic heterocycles. The molecule has 8 heteroatoms. The number of rotatable bonds is 5. The smallest absolute Gasteiger partial charge is 0.352 e. The second-order valence-electron chi connectivity index (χ2n) is 6.56. The summed E-state index contributed by atoms with van der Waals surface area (Å²) in [7, 11) is 0. The van der Waals surface area contributed by atoms with Crippen molar-refractivity contribution < 1.29 is 9.90 Å². The SMILES string of the molecule is O=C(O)c1cc2c(Sc3ccc(Cl)cc3Cl)cc(Cl)cc2n1Cc1ccc(Br)cc1. The summed E-state index contributed by atoms with van der Waals surface area (Å²) in [6.45, 7) is 0.407. The van der Waals surface area contributed by atoms with E-state index in [1.54, 1.807) is 28.8 Å². The lowest BCUT2D eigenvalue weighted by molar-refractivity contribution is 0.0686. The third kappa shape index (κ3) is 4.51. The van der Waals surface area contributed by atoms with Gasteiger partial charge >= 0.3 is 5.97 Å². The summed E-state index contributed by atoms with van der Waals surface area (Å²) in [5.74, 6) is -1.00. The summed E-state index contributed by atoms with van der Waals surface area (Å²) < 4.78 is 2.73. The Hall–Kier alpha value is -1.63. The minimum absolute atomic E-state index is 0.194. The Morgan fingerprint density at radius 3 is 2.33 bits per heavy atom. The summed E-state index contributed by atoms with van der Waals surface area (Å²) in [4.78, 5) is 13.6. The van der Waals surface area contributed by atoms with Gasteiger partial charge in [-0.05, 0) is 54.1 Å². The van der Waals surface area contributed by atoms with E-state index in [-0.39, 0.29) is 5.69 Å². The Labute approximate surface area is 200 Å². The second-order valence-corrected chi connectivity index (χ2v) is 9.84. The monoisotopic (exact) mass is 539 g/mol. The third-order valence-electron chi connectivity index (χ3n) is 4.53. The normalized spacial score (nSPS) is 11.2. The highest BCUT2D eigenvalue weighted by Gasteiger charge is 2.19. The van der Waals surface area contributed by atoms with Crippen molar-refractivity contribution in [3.05, 3.63) is 91.5 Å². The molecular weight excluding hydrogens is 529 g/mol. The molecule has 0 unspecified atom stereocenters. The van der Waals surface area contributed by atoms with Gasteiger partial charge in [-0.1, -0.05) is 74.6 Å². The van der Waals surface area contributed by atoms with Gasteiger partial charge in [0.15, 0.2) is 0 Å². The zero-order valence-electron chi connectivity index (χ0n) is 15.2. The van der Waals surface area contributed by atoms with Crippen LogP contribution in [0.5, 0.6) is 0 Å². The number of hydrogen-bond donors (Lipinski definition) is 1. The summed E-state index contributed by atoms with van der Waals surface area (Å²) in [6.07, 6.45) is 0. The first kappa shape index (κ1) is 21.6. The van der Waals surface area contributed by atoms with Crippen molar-refractivity contribution in [2.75, 3.05) is 0 Å². The third-order valence-corrected chi connectivity index (χ3v) is 7.07. The fourth-order valence-electron chi connectivity index (χ4n) is 3.17. The zero-order chi connectivity index (χ0) is 21.4. The molecular formula is C22H13BrCl3NO2S. The molecule has 3 nitrogen and oxygen atoms in total. The van der Waals surface area contributed by atoms with Crippen molar-refractivity contribution in [1.29, 1.82) is 0 Å². The van der Waals surface area contributed by atoms with Crippen LogP contribution in [0.3, 0.4) is 0 Å². The molecule has 0 bridgehead atoms. The van der Waals surface area contributed by atoms with Crippen molar-refractivity contribution >= 4 is 79.4 Å². The lowest BCUT2D eigenvalue weighted by atomic mass is 10.2. The number of benzene rings is 3. The van der Waals surface area contributed by atoms with Crippen LogP contribution in [0.15, 0.2) is 74.9 Å². The number of aromatic nitrogens is 1. The van der Waals surface area contributed by atoms with E-state index in [2.05, 4.69) is 15.9 Å². The molecule has 152 valence electrons. The van der Waals surface area contributed by atoms with Gasteiger partial charge in [0.2, 0.25) is 0 Å². The van der Waals surface area contributed by atoms with E-state index in [9.17, 15) is 9.90 Å². The molecule has 0 fully saturated rings. The summed E-state index contributed by atoms with van der Waals surface area (Å²) in [6, 6.07) is 18.3. The number of hydrogen-bond acceptors (Lipinski definition) is 2. The fourth-order valence-corrected chi connectivity index (χ4v) is 5.23. The maximum Gasteiger partial charge on any atom is 0.352 e.